The van der Waals surface area contributed by atoms with Crippen LogP contribution in [0.3, 0.4) is 0 Å². The van der Waals surface area contributed by atoms with Crippen molar-refractivity contribution in [2.24, 2.45) is 7.05 Å². The van der Waals surface area contributed by atoms with Crippen LogP contribution >= 0.6 is 15.9 Å². The number of hydrogen-bond donors (Lipinski definition) is 0. The van der Waals surface area contributed by atoms with Crippen molar-refractivity contribution < 1.29 is 0 Å². The van der Waals surface area contributed by atoms with Gasteiger partial charge in [-0.05, 0) is 42.9 Å². The summed E-state index contributed by atoms with van der Waals surface area (Å²) in [6.45, 7) is 6.35. The van der Waals surface area contributed by atoms with Crippen molar-refractivity contribution in [1.29, 1.82) is 0 Å². The minimum Gasteiger partial charge on any atom is -0.301 e. The molecule has 4 heteroatoms. The van der Waals surface area contributed by atoms with Crippen LogP contribution in [0.1, 0.15) is 31.2 Å². The predicted molar refractivity (Wildman–Crippen MR) is 66.9 cm³/mol. The van der Waals surface area contributed by atoms with Gasteiger partial charge in [-0.3, -0.25) is 4.68 Å². The second kappa shape index (κ2) is 5.66. The van der Waals surface area contributed by atoms with Crippen LogP contribution in [0.5, 0.6) is 0 Å². The Balaban J connectivity index is 2.63. The van der Waals surface area contributed by atoms with Crippen LogP contribution in [-0.4, -0.2) is 28.3 Å². The molecule has 0 fully saturated rings. The summed E-state index contributed by atoms with van der Waals surface area (Å²) in [6.07, 6.45) is 2.50. The van der Waals surface area contributed by atoms with Gasteiger partial charge < -0.3 is 4.90 Å². The SMILES string of the molecule is CCCCN(C)Cc1c(Br)c(C)nn1C. The number of aryl methyl sites for hydroxylation is 2. The summed E-state index contributed by atoms with van der Waals surface area (Å²) in [5.41, 5.74) is 2.32. The largest absolute Gasteiger partial charge is 0.301 e. The lowest BCUT2D eigenvalue weighted by Gasteiger charge is -2.16. The second-order valence-electron chi connectivity index (χ2n) is 4.06. The Morgan fingerprint density at radius 3 is 2.60 bits per heavy atom. The van der Waals surface area contributed by atoms with Gasteiger partial charge in [0.25, 0.3) is 0 Å². The third-order valence-electron chi connectivity index (χ3n) is 2.57. The van der Waals surface area contributed by atoms with Gasteiger partial charge in [0, 0.05) is 13.6 Å². The van der Waals surface area contributed by atoms with Crippen molar-refractivity contribution in [3.8, 4) is 0 Å². The third kappa shape index (κ3) is 3.31. The van der Waals surface area contributed by atoms with Gasteiger partial charge in [0.15, 0.2) is 0 Å². The Morgan fingerprint density at radius 1 is 1.47 bits per heavy atom. The van der Waals surface area contributed by atoms with E-state index in [1.165, 1.54) is 18.5 Å². The minimum atomic E-state index is 0.956. The number of rotatable bonds is 5. The van der Waals surface area contributed by atoms with Gasteiger partial charge in [-0.1, -0.05) is 13.3 Å². The van der Waals surface area contributed by atoms with Crippen molar-refractivity contribution in [3.05, 3.63) is 15.9 Å². The van der Waals surface area contributed by atoms with Gasteiger partial charge in [-0.15, -0.1) is 0 Å². The first-order valence-electron chi connectivity index (χ1n) is 5.42. The van der Waals surface area contributed by atoms with Gasteiger partial charge >= 0.3 is 0 Å². The van der Waals surface area contributed by atoms with Gasteiger partial charge in [-0.25, -0.2) is 0 Å². The zero-order valence-corrected chi connectivity index (χ0v) is 11.6. The second-order valence-corrected chi connectivity index (χ2v) is 4.85. The van der Waals surface area contributed by atoms with E-state index in [0.29, 0.717) is 0 Å². The smallest absolute Gasteiger partial charge is 0.0739 e. The lowest BCUT2D eigenvalue weighted by molar-refractivity contribution is 0.311. The molecule has 0 aliphatic carbocycles. The lowest BCUT2D eigenvalue weighted by atomic mass is 10.3. The van der Waals surface area contributed by atoms with Crippen molar-refractivity contribution in [3.63, 3.8) is 0 Å². The first kappa shape index (κ1) is 12.7. The van der Waals surface area contributed by atoms with E-state index in [0.717, 1.165) is 23.3 Å². The summed E-state index contributed by atoms with van der Waals surface area (Å²) in [7, 11) is 4.16. The Bertz CT molecular complexity index is 320. The van der Waals surface area contributed by atoms with Crippen LogP contribution in [0.4, 0.5) is 0 Å². The number of hydrogen-bond acceptors (Lipinski definition) is 2. The third-order valence-corrected chi connectivity index (χ3v) is 3.61. The van der Waals surface area contributed by atoms with E-state index >= 15 is 0 Å². The molecule has 86 valence electrons. The molecule has 0 unspecified atom stereocenters. The predicted octanol–water partition coefficient (Wildman–Crippen LogP) is 2.72. The van der Waals surface area contributed by atoms with Crippen LogP contribution in [0, 0.1) is 6.92 Å². The molecule has 0 atom stereocenters. The molecule has 0 saturated heterocycles. The standard InChI is InChI=1S/C11H20BrN3/c1-5-6-7-14(3)8-10-11(12)9(2)13-15(10)4/h5-8H2,1-4H3. The summed E-state index contributed by atoms with van der Waals surface area (Å²) < 4.78 is 3.11. The lowest BCUT2D eigenvalue weighted by Crippen LogP contribution is -2.20. The molecule has 15 heavy (non-hydrogen) atoms. The fraction of sp³-hybridized carbons (Fsp3) is 0.727. The number of aromatic nitrogens is 2. The maximum absolute atomic E-state index is 4.39. The molecule has 0 radical (unpaired) electrons. The van der Waals surface area contributed by atoms with E-state index in [2.05, 4.69) is 39.9 Å². The van der Waals surface area contributed by atoms with Gasteiger partial charge in [0.1, 0.15) is 0 Å². The first-order chi connectivity index (χ1) is 7.06. The van der Waals surface area contributed by atoms with Crippen LogP contribution in [0.2, 0.25) is 0 Å². The maximum Gasteiger partial charge on any atom is 0.0739 e. The van der Waals surface area contributed by atoms with Crippen molar-refractivity contribution >= 4 is 15.9 Å². The molecule has 3 nitrogen and oxygen atoms in total. The van der Waals surface area contributed by atoms with Gasteiger partial charge in [0.05, 0.1) is 15.9 Å². The van der Waals surface area contributed by atoms with Crippen LogP contribution in [-0.2, 0) is 13.6 Å². The van der Waals surface area contributed by atoms with Crippen molar-refractivity contribution in [2.45, 2.75) is 33.2 Å². The molecule has 0 spiro atoms. The molecule has 0 bridgehead atoms. The molecular weight excluding hydrogens is 254 g/mol. The van der Waals surface area contributed by atoms with E-state index in [1.807, 2.05) is 18.7 Å². The molecule has 1 aromatic rings. The molecule has 0 aromatic carbocycles. The summed E-state index contributed by atoms with van der Waals surface area (Å²) in [4.78, 5) is 2.34. The summed E-state index contributed by atoms with van der Waals surface area (Å²) in [5, 5.41) is 4.39. The van der Waals surface area contributed by atoms with Crippen LogP contribution < -0.4 is 0 Å². The highest BCUT2D eigenvalue weighted by Gasteiger charge is 2.11. The zero-order chi connectivity index (χ0) is 11.4. The van der Waals surface area contributed by atoms with E-state index in [1.54, 1.807) is 0 Å². The summed E-state index contributed by atoms with van der Waals surface area (Å²) >= 11 is 3.59. The Hall–Kier alpha value is -0.350. The van der Waals surface area contributed by atoms with E-state index in [-0.39, 0.29) is 0 Å². The van der Waals surface area contributed by atoms with Gasteiger partial charge in [0.2, 0.25) is 0 Å². The number of halogens is 1. The number of unbranched alkanes of at least 4 members (excludes halogenated alkanes) is 1. The van der Waals surface area contributed by atoms with Crippen LogP contribution in [0.25, 0.3) is 0 Å². The fourth-order valence-corrected chi connectivity index (χ4v) is 2.08. The monoisotopic (exact) mass is 273 g/mol. The van der Waals surface area contributed by atoms with E-state index in [9.17, 15) is 0 Å². The first-order valence-corrected chi connectivity index (χ1v) is 6.22. The minimum absolute atomic E-state index is 0.956. The van der Waals surface area contributed by atoms with Crippen LogP contribution in [0.15, 0.2) is 4.47 Å². The maximum atomic E-state index is 4.39. The molecular formula is C11H20BrN3. The molecule has 0 aliphatic heterocycles. The average Bonchev–Trinajstić information content (AvgIpc) is 2.42. The highest BCUT2D eigenvalue weighted by atomic mass is 79.9. The van der Waals surface area contributed by atoms with Crippen molar-refractivity contribution in [1.82, 2.24) is 14.7 Å². The van der Waals surface area contributed by atoms with Crippen molar-refractivity contribution in [2.75, 3.05) is 13.6 Å². The molecule has 0 saturated carbocycles. The average molecular weight is 274 g/mol. The molecule has 1 heterocycles. The topological polar surface area (TPSA) is 21.1 Å². The molecule has 1 aromatic heterocycles. The molecule has 0 N–H and O–H groups in total. The van der Waals surface area contributed by atoms with E-state index in [4.69, 9.17) is 0 Å². The quantitative estimate of drug-likeness (QED) is 0.823. The Labute approximate surface area is 101 Å². The number of nitrogens with zero attached hydrogens (tertiary/aromatic N) is 3. The Kier molecular flexibility index (Phi) is 4.80. The Morgan fingerprint density at radius 2 is 2.13 bits per heavy atom. The molecule has 1 rings (SSSR count). The van der Waals surface area contributed by atoms with E-state index < -0.39 is 0 Å². The summed E-state index contributed by atoms with van der Waals surface area (Å²) in [5.74, 6) is 0. The summed E-state index contributed by atoms with van der Waals surface area (Å²) in [6, 6.07) is 0. The highest BCUT2D eigenvalue weighted by Crippen LogP contribution is 2.21. The highest BCUT2D eigenvalue weighted by molar-refractivity contribution is 9.10. The fourth-order valence-electron chi connectivity index (χ4n) is 1.61. The molecule has 0 aliphatic rings. The molecule has 0 amide bonds. The zero-order valence-electron chi connectivity index (χ0n) is 10.0. The normalized spacial score (nSPS) is 11.3. The van der Waals surface area contributed by atoms with Gasteiger partial charge in [-0.2, -0.15) is 5.10 Å².